The normalized spacial score (nSPS) is 10.7. The molecule has 0 spiro atoms. The monoisotopic (exact) mass is 404 g/mol. The highest BCUT2D eigenvalue weighted by Crippen LogP contribution is 2.22. The van der Waals surface area contributed by atoms with Crippen LogP contribution in [0.4, 0.5) is 0 Å². The van der Waals surface area contributed by atoms with Gasteiger partial charge in [0, 0.05) is 26.6 Å². The summed E-state index contributed by atoms with van der Waals surface area (Å²) in [5.41, 5.74) is 0.696. The van der Waals surface area contributed by atoms with Crippen molar-refractivity contribution in [2.75, 3.05) is 0 Å². The van der Waals surface area contributed by atoms with Crippen LogP contribution >= 0.6 is 43.2 Å². The SMILES string of the molecule is CCCn1cc(Br)cc1C(=O)NCc1sccc1Br. The molecule has 0 saturated heterocycles. The molecule has 102 valence electrons. The van der Waals surface area contributed by atoms with Gasteiger partial charge in [-0.05, 0) is 55.8 Å². The molecule has 0 atom stereocenters. The third kappa shape index (κ3) is 3.70. The standard InChI is InChI=1S/C13H14Br2N2OS/c1-2-4-17-8-9(14)6-11(17)13(18)16-7-12-10(15)3-5-19-12/h3,5-6,8H,2,4,7H2,1H3,(H,16,18). The summed E-state index contributed by atoms with van der Waals surface area (Å²) in [6.07, 6.45) is 2.94. The molecule has 2 aromatic heterocycles. The van der Waals surface area contributed by atoms with Crippen LogP contribution in [0.5, 0.6) is 0 Å². The Morgan fingerprint density at radius 3 is 2.89 bits per heavy atom. The predicted molar refractivity (Wildman–Crippen MR) is 85.6 cm³/mol. The smallest absolute Gasteiger partial charge is 0.268 e. The van der Waals surface area contributed by atoms with Gasteiger partial charge in [0.25, 0.3) is 5.91 Å². The maximum atomic E-state index is 12.2. The summed E-state index contributed by atoms with van der Waals surface area (Å²) in [6, 6.07) is 3.84. The zero-order chi connectivity index (χ0) is 13.8. The summed E-state index contributed by atoms with van der Waals surface area (Å²) in [7, 11) is 0. The molecule has 0 aromatic carbocycles. The number of aromatic nitrogens is 1. The van der Waals surface area contributed by atoms with Crippen LogP contribution in [-0.4, -0.2) is 10.5 Å². The van der Waals surface area contributed by atoms with Crippen LogP contribution < -0.4 is 5.32 Å². The molecule has 0 aliphatic carbocycles. The van der Waals surface area contributed by atoms with Crippen molar-refractivity contribution in [1.82, 2.24) is 9.88 Å². The zero-order valence-electron chi connectivity index (χ0n) is 10.5. The Bertz CT molecular complexity index is 577. The van der Waals surface area contributed by atoms with Crippen molar-refractivity contribution < 1.29 is 4.79 Å². The zero-order valence-corrected chi connectivity index (χ0v) is 14.4. The quantitative estimate of drug-likeness (QED) is 0.784. The minimum absolute atomic E-state index is 0.0422. The number of rotatable bonds is 5. The second-order valence-corrected chi connectivity index (χ2v) is 6.88. The van der Waals surface area contributed by atoms with Crippen molar-refractivity contribution in [2.24, 2.45) is 0 Å². The Hall–Kier alpha value is -0.590. The maximum Gasteiger partial charge on any atom is 0.268 e. The molecule has 2 rings (SSSR count). The average molecular weight is 406 g/mol. The van der Waals surface area contributed by atoms with Gasteiger partial charge in [0.1, 0.15) is 5.69 Å². The van der Waals surface area contributed by atoms with Crippen molar-refractivity contribution in [3.8, 4) is 0 Å². The molecule has 1 N–H and O–H groups in total. The molecule has 0 aliphatic rings. The second kappa shape index (κ2) is 6.72. The lowest BCUT2D eigenvalue weighted by Crippen LogP contribution is -2.25. The number of aryl methyl sites for hydroxylation is 1. The molecular weight excluding hydrogens is 392 g/mol. The fourth-order valence-electron chi connectivity index (χ4n) is 1.79. The lowest BCUT2D eigenvalue weighted by atomic mass is 10.3. The van der Waals surface area contributed by atoms with E-state index in [2.05, 4.69) is 44.1 Å². The maximum absolute atomic E-state index is 12.2. The van der Waals surface area contributed by atoms with Crippen molar-refractivity contribution in [2.45, 2.75) is 26.4 Å². The largest absolute Gasteiger partial charge is 0.346 e. The van der Waals surface area contributed by atoms with Crippen molar-refractivity contribution in [1.29, 1.82) is 0 Å². The predicted octanol–water partition coefficient (Wildman–Crippen LogP) is 4.41. The molecule has 0 radical (unpaired) electrons. The fourth-order valence-corrected chi connectivity index (χ4v) is 3.69. The number of carbonyl (C=O) groups is 1. The molecule has 2 heterocycles. The second-order valence-electron chi connectivity index (χ2n) is 4.11. The van der Waals surface area contributed by atoms with Crippen LogP contribution in [-0.2, 0) is 13.1 Å². The van der Waals surface area contributed by atoms with Gasteiger partial charge in [-0.2, -0.15) is 0 Å². The van der Waals surface area contributed by atoms with Crippen molar-refractivity contribution >= 4 is 49.1 Å². The van der Waals surface area contributed by atoms with E-state index in [4.69, 9.17) is 0 Å². The first-order chi connectivity index (χ1) is 9.11. The van der Waals surface area contributed by atoms with E-state index >= 15 is 0 Å². The molecule has 2 aromatic rings. The molecular formula is C13H14Br2N2OS. The summed E-state index contributed by atoms with van der Waals surface area (Å²) in [5, 5.41) is 4.96. The Kier molecular flexibility index (Phi) is 5.24. The lowest BCUT2D eigenvalue weighted by Gasteiger charge is -2.08. The summed E-state index contributed by atoms with van der Waals surface area (Å²) < 4.78 is 3.95. The van der Waals surface area contributed by atoms with E-state index in [-0.39, 0.29) is 5.91 Å². The van der Waals surface area contributed by atoms with Crippen LogP contribution in [0.3, 0.4) is 0 Å². The van der Waals surface area contributed by atoms with E-state index in [0.717, 1.165) is 26.8 Å². The van der Waals surface area contributed by atoms with E-state index in [1.807, 2.05) is 28.3 Å². The average Bonchev–Trinajstić information content (AvgIpc) is 2.93. The first kappa shape index (κ1) is 14.8. The number of halogens is 2. The first-order valence-corrected chi connectivity index (χ1v) is 8.44. The third-order valence-corrected chi connectivity index (χ3v) is 5.02. The summed E-state index contributed by atoms with van der Waals surface area (Å²) >= 11 is 8.51. The van der Waals surface area contributed by atoms with Gasteiger partial charge in [0.05, 0.1) is 6.54 Å². The molecule has 19 heavy (non-hydrogen) atoms. The third-order valence-electron chi connectivity index (χ3n) is 2.66. The van der Waals surface area contributed by atoms with E-state index in [1.54, 1.807) is 11.3 Å². The molecule has 0 fully saturated rings. The Morgan fingerprint density at radius 2 is 2.26 bits per heavy atom. The molecule has 6 heteroatoms. The Balaban J connectivity index is 2.05. The topological polar surface area (TPSA) is 34.0 Å². The van der Waals surface area contributed by atoms with E-state index < -0.39 is 0 Å². The minimum atomic E-state index is -0.0422. The van der Waals surface area contributed by atoms with Gasteiger partial charge in [-0.1, -0.05) is 6.92 Å². The van der Waals surface area contributed by atoms with Gasteiger partial charge < -0.3 is 9.88 Å². The highest BCUT2D eigenvalue weighted by atomic mass is 79.9. The van der Waals surface area contributed by atoms with Crippen molar-refractivity contribution in [3.63, 3.8) is 0 Å². The first-order valence-electron chi connectivity index (χ1n) is 5.97. The highest BCUT2D eigenvalue weighted by molar-refractivity contribution is 9.10. The van der Waals surface area contributed by atoms with Crippen LogP contribution in [0.1, 0.15) is 28.7 Å². The minimum Gasteiger partial charge on any atom is -0.346 e. The van der Waals surface area contributed by atoms with Crippen LogP contribution in [0.2, 0.25) is 0 Å². The summed E-state index contributed by atoms with van der Waals surface area (Å²) in [5.74, 6) is -0.0422. The molecule has 0 bridgehead atoms. The van der Waals surface area contributed by atoms with E-state index in [0.29, 0.717) is 12.2 Å². The molecule has 1 amide bonds. The van der Waals surface area contributed by atoms with Gasteiger partial charge in [-0.25, -0.2) is 0 Å². The van der Waals surface area contributed by atoms with Crippen LogP contribution in [0, 0.1) is 0 Å². The van der Waals surface area contributed by atoms with Crippen LogP contribution in [0.15, 0.2) is 32.7 Å². The fraction of sp³-hybridized carbons (Fsp3) is 0.308. The molecule has 0 saturated carbocycles. The number of hydrogen-bond donors (Lipinski definition) is 1. The van der Waals surface area contributed by atoms with Gasteiger partial charge in [0.15, 0.2) is 0 Å². The van der Waals surface area contributed by atoms with Gasteiger partial charge in [0.2, 0.25) is 0 Å². The Morgan fingerprint density at radius 1 is 1.47 bits per heavy atom. The van der Waals surface area contributed by atoms with Gasteiger partial charge in [-0.15, -0.1) is 11.3 Å². The number of nitrogens with zero attached hydrogens (tertiary/aromatic N) is 1. The number of nitrogens with one attached hydrogen (secondary N) is 1. The summed E-state index contributed by atoms with van der Waals surface area (Å²) in [4.78, 5) is 13.3. The van der Waals surface area contributed by atoms with Gasteiger partial charge in [-0.3, -0.25) is 4.79 Å². The van der Waals surface area contributed by atoms with E-state index in [1.165, 1.54) is 0 Å². The molecule has 0 aliphatic heterocycles. The van der Waals surface area contributed by atoms with Crippen molar-refractivity contribution in [3.05, 3.63) is 43.2 Å². The van der Waals surface area contributed by atoms with E-state index in [9.17, 15) is 4.79 Å². The number of hydrogen-bond acceptors (Lipinski definition) is 2. The number of amides is 1. The number of thiophene rings is 1. The molecule has 0 unspecified atom stereocenters. The van der Waals surface area contributed by atoms with Crippen LogP contribution in [0.25, 0.3) is 0 Å². The molecule has 3 nitrogen and oxygen atoms in total. The van der Waals surface area contributed by atoms with Gasteiger partial charge >= 0.3 is 0 Å². The lowest BCUT2D eigenvalue weighted by molar-refractivity contribution is 0.0942. The Labute approximate surface area is 133 Å². The highest BCUT2D eigenvalue weighted by Gasteiger charge is 2.13. The number of carbonyl (C=O) groups excluding carboxylic acids is 1. The summed E-state index contributed by atoms with van der Waals surface area (Å²) in [6.45, 7) is 3.49.